The predicted molar refractivity (Wildman–Crippen MR) is 85.0 cm³/mol. The number of para-hydroxylation sites is 1. The van der Waals surface area contributed by atoms with Crippen LogP contribution >= 0.6 is 0 Å². The molecule has 0 atom stereocenters. The van der Waals surface area contributed by atoms with Crippen molar-refractivity contribution in [1.82, 2.24) is 5.32 Å². The van der Waals surface area contributed by atoms with E-state index in [2.05, 4.69) is 5.32 Å². The third-order valence-electron chi connectivity index (χ3n) is 2.86. The SMILES string of the molecule is O=C(COc1ccccc1)NCC/C=C/c1ccccc1. The normalized spacial score (nSPS) is 10.5. The minimum atomic E-state index is -0.105. The quantitative estimate of drug-likeness (QED) is 0.791. The second kappa shape index (κ2) is 8.59. The Morgan fingerprint density at radius 1 is 1.00 bits per heavy atom. The maximum absolute atomic E-state index is 11.6. The highest BCUT2D eigenvalue weighted by atomic mass is 16.5. The lowest BCUT2D eigenvalue weighted by Crippen LogP contribution is -2.29. The summed E-state index contributed by atoms with van der Waals surface area (Å²) in [6.07, 6.45) is 4.90. The molecule has 3 heteroatoms. The van der Waals surface area contributed by atoms with E-state index in [1.807, 2.05) is 72.8 Å². The van der Waals surface area contributed by atoms with Crippen LogP contribution in [0.5, 0.6) is 5.75 Å². The van der Waals surface area contributed by atoms with Crippen LogP contribution in [0.25, 0.3) is 6.08 Å². The van der Waals surface area contributed by atoms with Crippen LogP contribution in [-0.4, -0.2) is 19.1 Å². The third-order valence-corrected chi connectivity index (χ3v) is 2.86. The molecule has 0 unspecified atom stereocenters. The van der Waals surface area contributed by atoms with Crippen LogP contribution in [-0.2, 0) is 4.79 Å². The van der Waals surface area contributed by atoms with Crippen LogP contribution in [0.4, 0.5) is 0 Å². The van der Waals surface area contributed by atoms with Gasteiger partial charge in [0.1, 0.15) is 5.75 Å². The van der Waals surface area contributed by atoms with Crippen LogP contribution in [0, 0.1) is 0 Å². The van der Waals surface area contributed by atoms with Crippen molar-refractivity contribution in [3.05, 3.63) is 72.3 Å². The van der Waals surface area contributed by atoms with Crippen molar-refractivity contribution in [3.8, 4) is 5.75 Å². The van der Waals surface area contributed by atoms with Crippen LogP contribution in [0.1, 0.15) is 12.0 Å². The Bertz CT molecular complexity index is 564. The fourth-order valence-corrected chi connectivity index (χ4v) is 1.80. The monoisotopic (exact) mass is 281 g/mol. The molecule has 21 heavy (non-hydrogen) atoms. The van der Waals surface area contributed by atoms with E-state index in [1.54, 1.807) is 0 Å². The first-order valence-corrected chi connectivity index (χ1v) is 7.01. The summed E-state index contributed by atoms with van der Waals surface area (Å²) >= 11 is 0. The van der Waals surface area contributed by atoms with Crippen molar-refractivity contribution < 1.29 is 9.53 Å². The minimum absolute atomic E-state index is 0.0480. The average molecular weight is 281 g/mol. The Morgan fingerprint density at radius 2 is 1.67 bits per heavy atom. The van der Waals surface area contributed by atoms with Crippen molar-refractivity contribution >= 4 is 12.0 Å². The summed E-state index contributed by atoms with van der Waals surface area (Å²) in [5, 5.41) is 2.82. The summed E-state index contributed by atoms with van der Waals surface area (Å²) < 4.78 is 5.36. The van der Waals surface area contributed by atoms with Crippen LogP contribution in [0.15, 0.2) is 66.7 Å². The van der Waals surface area contributed by atoms with Gasteiger partial charge in [-0.25, -0.2) is 0 Å². The Labute approximate surface area is 125 Å². The van der Waals surface area contributed by atoms with E-state index in [0.29, 0.717) is 12.3 Å². The summed E-state index contributed by atoms with van der Waals surface area (Å²) in [5.74, 6) is 0.601. The van der Waals surface area contributed by atoms with Crippen molar-refractivity contribution in [2.24, 2.45) is 0 Å². The molecule has 1 amide bonds. The first kappa shape index (κ1) is 14.9. The molecule has 0 radical (unpaired) electrons. The molecule has 0 aliphatic carbocycles. The highest BCUT2D eigenvalue weighted by Gasteiger charge is 2.00. The first-order chi connectivity index (χ1) is 10.3. The summed E-state index contributed by atoms with van der Waals surface area (Å²) in [5.41, 5.74) is 1.16. The molecule has 0 heterocycles. The first-order valence-electron chi connectivity index (χ1n) is 7.01. The lowest BCUT2D eigenvalue weighted by Gasteiger charge is -2.06. The van der Waals surface area contributed by atoms with Crippen molar-refractivity contribution in [3.63, 3.8) is 0 Å². The number of rotatable bonds is 7. The Hall–Kier alpha value is -2.55. The van der Waals surface area contributed by atoms with Gasteiger partial charge >= 0.3 is 0 Å². The van der Waals surface area contributed by atoms with Gasteiger partial charge < -0.3 is 10.1 Å². The van der Waals surface area contributed by atoms with Gasteiger partial charge in [-0.15, -0.1) is 0 Å². The number of amides is 1. The van der Waals surface area contributed by atoms with E-state index >= 15 is 0 Å². The number of ether oxygens (including phenoxy) is 1. The standard InChI is InChI=1S/C18H19NO2/c20-18(15-21-17-12-5-2-6-13-17)19-14-8-7-11-16-9-3-1-4-10-16/h1-7,9-13H,8,14-15H2,(H,19,20)/b11-7+. The predicted octanol–water partition coefficient (Wildman–Crippen LogP) is 3.29. The highest BCUT2D eigenvalue weighted by Crippen LogP contribution is 2.07. The Balaban J connectivity index is 1.60. The summed E-state index contributed by atoms with van der Waals surface area (Å²) in [6.45, 7) is 0.659. The maximum Gasteiger partial charge on any atom is 0.257 e. The van der Waals surface area contributed by atoms with Gasteiger partial charge in [0.05, 0.1) is 0 Å². The van der Waals surface area contributed by atoms with E-state index in [-0.39, 0.29) is 12.5 Å². The van der Waals surface area contributed by atoms with E-state index in [9.17, 15) is 4.79 Å². The van der Waals surface area contributed by atoms with Crippen LogP contribution in [0.3, 0.4) is 0 Å². The van der Waals surface area contributed by atoms with Gasteiger partial charge in [0.25, 0.3) is 5.91 Å². The molecule has 0 spiro atoms. The smallest absolute Gasteiger partial charge is 0.257 e. The molecule has 108 valence electrons. The van der Waals surface area contributed by atoms with Crippen molar-refractivity contribution in [1.29, 1.82) is 0 Å². The number of hydrogen-bond donors (Lipinski definition) is 1. The van der Waals surface area contributed by atoms with E-state index in [0.717, 1.165) is 12.0 Å². The number of benzene rings is 2. The average Bonchev–Trinajstić information content (AvgIpc) is 2.54. The molecule has 2 aromatic rings. The number of nitrogens with one attached hydrogen (secondary N) is 1. The maximum atomic E-state index is 11.6. The zero-order valence-corrected chi connectivity index (χ0v) is 11.9. The van der Waals surface area contributed by atoms with Crippen molar-refractivity contribution in [2.45, 2.75) is 6.42 Å². The molecule has 0 bridgehead atoms. The third kappa shape index (κ3) is 5.95. The fourth-order valence-electron chi connectivity index (χ4n) is 1.80. The van der Waals surface area contributed by atoms with E-state index in [4.69, 9.17) is 4.74 Å². The Morgan fingerprint density at radius 3 is 2.38 bits per heavy atom. The second-order valence-electron chi connectivity index (χ2n) is 4.55. The van der Waals surface area contributed by atoms with Gasteiger partial charge in [0, 0.05) is 6.54 Å². The molecule has 1 N–H and O–H groups in total. The number of hydrogen-bond acceptors (Lipinski definition) is 2. The molecule has 0 aliphatic rings. The summed E-state index contributed by atoms with van der Waals surface area (Å²) in [6, 6.07) is 19.4. The van der Waals surface area contributed by atoms with Gasteiger partial charge in [-0.05, 0) is 24.1 Å². The fraction of sp³-hybridized carbons (Fsp3) is 0.167. The molecule has 2 rings (SSSR count). The molecular weight excluding hydrogens is 262 g/mol. The molecule has 2 aromatic carbocycles. The molecule has 0 aliphatic heterocycles. The second-order valence-corrected chi connectivity index (χ2v) is 4.55. The molecule has 3 nitrogen and oxygen atoms in total. The molecule has 0 aromatic heterocycles. The van der Waals surface area contributed by atoms with Crippen molar-refractivity contribution in [2.75, 3.05) is 13.2 Å². The number of carbonyl (C=O) groups is 1. The van der Waals surface area contributed by atoms with E-state index in [1.165, 1.54) is 0 Å². The Kier molecular flexibility index (Phi) is 6.07. The zero-order chi connectivity index (χ0) is 14.8. The molecular formula is C18H19NO2. The van der Waals surface area contributed by atoms with Gasteiger partial charge in [0.2, 0.25) is 0 Å². The van der Waals surface area contributed by atoms with Crippen LogP contribution in [0.2, 0.25) is 0 Å². The topological polar surface area (TPSA) is 38.3 Å². The minimum Gasteiger partial charge on any atom is -0.484 e. The summed E-state index contributed by atoms with van der Waals surface area (Å²) in [4.78, 5) is 11.6. The zero-order valence-electron chi connectivity index (χ0n) is 11.9. The van der Waals surface area contributed by atoms with Gasteiger partial charge in [-0.3, -0.25) is 4.79 Å². The molecule has 0 saturated heterocycles. The molecule has 0 fully saturated rings. The van der Waals surface area contributed by atoms with Gasteiger partial charge in [-0.1, -0.05) is 60.7 Å². The highest BCUT2D eigenvalue weighted by molar-refractivity contribution is 5.77. The van der Waals surface area contributed by atoms with Crippen LogP contribution < -0.4 is 10.1 Å². The lowest BCUT2D eigenvalue weighted by molar-refractivity contribution is -0.123. The number of carbonyl (C=O) groups excluding carboxylic acids is 1. The van der Waals surface area contributed by atoms with Gasteiger partial charge in [0.15, 0.2) is 6.61 Å². The van der Waals surface area contributed by atoms with Gasteiger partial charge in [-0.2, -0.15) is 0 Å². The lowest BCUT2D eigenvalue weighted by atomic mass is 10.2. The summed E-state index contributed by atoms with van der Waals surface area (Å²) in [7, 11) is 0. The largest absolute Gasteiger partial charge is 0.484 e. The molecule has 0 saturated carbocycles. The van der Waals surface area contributed by atoms with E-state index < -0.39 is 0 Å².